The van der Waals surface area contributed by atoms with Crippen LogP contribution in [0.3, 0.4) is 0 Å². The van der Waals surface area contributed by atoms with Crippen LogP contribution in [0.4, 0.5) is 11.4 Å². The Morgan fingerprint density at radius 1 is 1.05 bits per heavy atom. The van der Waals surface area contributed by atoms with Crippen molar-refractivity contribution in [3.63, 3.8) is 0 Å². The first kappa shape index (κ1) is 15.7. The second-order valence-corrected chi connectivity index (χ2v) is 6.05. The second-order valence-electron chi connectivity index (χ2n) is 6.05. The molecule has 0 aliphatic carbocycles. The van der Waals surface area contributed by atoms with Crippen LogP contribution in [-0.4, -0.2) is 11.1 Å². The van der Waals surface area contributed by atoms with Crippen LogP contribution in [0, 0.1) is 10.1 Å². The van der Waals surface area contributed by atoms with Gasteiger partial charge < -0.3 is 0 Å². The number of nitro groups is 1. The molecule has 0 amide bonds. The summed E-state index contributed by atoms with van der Waals surface area (Å²) in [5, 5.41) is 14.7. The average Bonchev–Trinajstić information content (AvgIpc) is 2.47. The van der Waals surface area contributed by atoms with Gasteiger partial charge in [-0.2, -0.15) is 5.10 Å². The summed E-state index contributed by atoms with van der Waals surface area (Å²) in [6, 6.07) is 14.3. The monoisotopic (exact) mass is 297 g/mol. The number of nitro benzene ring substituents is 1. The molecule has 0 aromatic heterocycles. The van der Waals surface area contributed by atoms with E-state index >= 15 is 0 Å². The van der Waals surface area contributed by atoms with Crippen molar-refractivity contribution >= 4 is 17.6 Å². The van der Waals surface area contributed by atoms with E-state index in [0.717, 1.165) is 5.56 Å². The first-order valence-electron chi connectivity index (χ1n) is 7.00. The van der Waals surface area contributed by atoms with Gasteiger partial charge in [0.1, 0.15) is 0 Å². The van der Waals surface area contributed by atoms with Gasteiger partial charge in [-0.3, -0.25) is 15.5 Å². The molecule has 2 aromatic carbocycles. The highest BCUT2D eigenvalue weighted by Gasteiger charge is 2.12. The minimum absolute atomic E-state index is 0.0623. The zero-order valence-corrected chi connectivity index (χ0v) is 12.9. The average molecular weight is 297 g/mol. The SMILES string of the molecule is CC(C)(C)c1ccc(/C=N/Nc2ccc([N+](=O)[O-])cc2)cc1. The minimum atomic E-state index is -0.427. The highest BCUT2D eigenvalue weighted by atomic mass is 16.6. The molecule has 0 unspecified atom stereocenters. The van der Waals surface area contributed by atoms with Crippen molar-refractivity contribution in [3.8, 4) is 0 Å². The Balaban J connectivity index is 1.99. The lowest BCUT2D eigenvalue weighted by Gasteiger charge is -2.18. The van der Waals surface area contributed by atoms with Gasteiger partial charge in [0.05, 0.1) is 16.8 Å². The van der Waals surface area contributed by atoms with Crippen LogP contribution in [0.1, 0.15) is 31.9 Å². The Morgan fingerprint density at radius 3 is 2.14 bits per heavy atom. The van der Waals surface area contributed by atoms with Gasteiger partial charge in [-0.05, 0) is 28.7 Å². The Kier molecular flexibility index (Phi) is 4.56. The number of hydrogen-bond acceptors (Lipinski definition) is 4. The van der Waals surface area contributed by atoms with E-state index in [9.17, 15) is 10.1 Å². The minimum Gasteiger partial charge on any atom is -0.278 e. The normalized spacial score (nSPS) is 11.6. The molecular formula is C17H19N3O2. The molecule has 1 N–H and O–H groups in total. The van der Waals surface area contributed by atoms with Gasteiger partial charge in [0.2, 0.25) is 0 Å². The van der Waals surface area contributed by atoms with Crippen LogP contribution in [-0.2, 0) is 5.41 Å². The van der Waals surface area contributed by atoms with E-state index in [1.54, 1.807) is 18.3 Å². The lowest BCUT2D eigenvalue weighted by Crippen LogP contribution is -2.10. The lowest BCUT2D eigenvalue weighted by atomic mass is 9.87. The number of hydrogen-bond donors (Lipinski definition) is 1. The topological polar surface area (TPSA) is 67.5 Å². The largest absolute Gasteiger partial charge is 0.278 e. The third-order valence-corrected chi connectivity index (χ3v) is 3.26. The van der Waals surface area contributed by atoms with Gasteiger partial charge in [0.25, 0.3) is 5.69 Å². The Hall–Kier alpha value is -2.69. The van der Waals surface area contributed by atoms with Gasteiger partial charge in [-0.15, -0.1) is 0 Å². The Morgan fingerprint density at radius 2 is 1.64 bits per heavy atom. The molecule has 0 bridgehead atoms. The summed E-state index contributed by atoms with van der Waals surface area (Å²) in [6.07, 6.45) is 1.72. The van der Waals surface area contributed by atoms with Gasteiger partial charge in [-0.1, -0.05) is 45.0 Å². The molecule has 0 radical (unpaired) electrons. The predicted molar refractivity (Wildman–Crippen MR) is 89.5 cm³/mol. The second kappa shape index (κ2) is 6.39. The molecule has 0 heterocycles. The van der Waals surface area contributed by atoms with Crippen molar-refractivity contribution in [2.75, 3.05) is 5.43 Å². The predicted octanol–water partition coefficient (Wildman–Crippen LogP) is 4.34. The number of hydrazone groups is 1. The molecule has 0 atom stereocenters. The summed E-state index contributed by atoms with van der Waals surface area (Å²) in [5.74, 6) is 0. The maximum atomic E-state index is 10.6. The van der Waals surface area contributed by atoms with Crippen LogP contribution in [0.25, 0.3) is 0 Å². The molecule has 0 aliphatic rings. The van der Waals surface area contributed by atoms with Gasteiger partial charge in [0.15, 0.2) is 0 Å². The maximum absolute atomic E-state index is 10.6. The van der Waals surface area contributed by atoms with Crippen molar-refractivity contribution in [1.29, 1.82) is 0 Å². The third kappa shape index (κ3) is 4.15. The molecular weight excluding hydrogens is 278 g/mol. The number of benzene rings is 2. The van der Waals surface area contributed by atoms with E-state index in [1.165, 1.54) is 17.7 Å². The van der Waals surface area contributed by atoms with E-state index in [0.29, 0.717) is 5.69 Å². The number of non-ortho nitro benzene ring substituents is 1. The molecule has 5 heteroatoms. The first-order chi connectivity index (χ1) is 10.4. The fourth-order valence-corrected chi connectivity index (χ4v) is 1.91. The Labute approximate surface area is 129 Å². The van der Waals surface area contributed by atoms with Crippen LogP contribution in [0.5, 0.6) is 0 Å². The van der Waals surface area contributed by atoms with Crippen molar-refractivity contribution in [2.45, 2.75) is 26.2 Å². The van der Waals surface area contributed by atoms with E-state index in [4.69, 9.17) is 0 Å². The first-order valence-corrected chi connectivity index (χ1v) is 7.00. The lowest BCUT2D eigenvalue weighted by molar-refractivity contribution is -0.384. The number of nitrogens with one attached hydrogen (secondary N) is 1. The van der Waals surface area contributed by atoms with Crippen LogP contribution < -0.4 is 5.43 Å². The summed E-state index contributed by atoms with van der Waals surface area (Å²) in [5.41, 5.74) is 6.01. The molecule has 0 saturated heterocycles. The van der Waals surface area contributed by atoms with Crippen molar-refractivity contribution < 1.29 is 4.92 Å². The van der Waals surface area contributed by atoms with Crippen molar-refractivity contribution in [1.82, 2.24) is 0 Å². The van der Waals surface area contributed by atoms with E-state index < -0.39 is 4.92 Å². The zero-order valence-electron chi connectivity index (χ0n) is 12.9. The molecule has 0 aliphatic heterocycles. The van der Waals surface area contributed by atoms with Crippen LogP contribution in [0.15, 0.2) is 53.6 Å². The van der Waals surface area contributed by atoms with E-state index in [-0.39, 0.29) is 11.1 Å². The van der Waals surface area contributed by atoms with Gasteiger partial charge >= 0.3 is 0 Å². The maximum Gasteiger partial charge on any atom is 0.269 e. The summed E-state index contributed by atoms with van der Waals surface area (Å²) in [6.45, 7) is 6.52. The number of rotatable bonds is 4. The molecule has 22 heavy (non-hydrogen) atoms. The number of nitrogens with zero attached hydrogens (tertiary/aromatic N) is 2. The standard InChI is InChI=1S/C17H19N3O2/c1-17(2,3)14-6-4-13(5-7-14)12-18-19-15-8-10-16(11-9-15)20(21)22/h4-12,19H,1-3H3/b18-12+. The molecule has 2 aromatic rings. The quantitative estimate of drug-likeness (QED) is 0.518. The van der Waals surface area contributed by atoms with Crippen LogP contribution >= 0.6 is 0 Å². The molecule has 0 saturated carbocycles. The van der Waals surface area contributed by atoms with E-state index in [1.807, 2.05) is 12.1 Å². The Bertz CT molecular complexity index is 669. The van der Waals surface area contributed by atoms with Gasteiger partial charge in [0, 0.05) is 12.1 Å². The smallest absolute Gasteiger partial charge is 0.269 e. The summed E-state index contributed by atoms with van der Waals surface area (Å²) in [7, 11) is 0. The molecule has 0 fully saturated rings. The molecule has 5 nitrogen and oxygen atoms in total. The van der Waals surface area contributed by atoms with Crippen molar-refractivity contribution in [2.24, 2.45) is 5.10 Å². The van der Waals surface area contributed by atoms with Gasteiger partial charge in [-0.25, -0.2) is 0 Å². The third-order valence-electron chi connectivity index (χ3n) is 3.26. The fourth-order valence-electron chi connectivity index (χ4n) is 1.91. The van der Waals surface area contributed by atoms with Crippen molar-refractivity contribution in [3.05, 3.63) is 69.8 Å². The van der Waals surface area contributed by atoms with E-state index in [2.05, 4.69) is 43.4 Å². The molecule has 114 valence electrons. The molecule has 2 rings (SSSR count). The highest BCUT2D eigenvalue weighted by Crippen LogP contribution is 2.21. The molecule has 0 spiro atoms. The van der Waals surface area contributed by atoms with Crippen LogP contribution in [0.2, 0.25) is 0 Å². The summed E-state index contributed by atoms with van der Waals surface area (Å²) >= 11 is 0. The number of anilines is 1. The fraction of sp³-hybridized carbons (Fsp3) is 0.235. The summed E-state index contributed by atoms with van der Waals surface area (Å²) in [4.78, 5) is 10.1. The zero-order chi connectivity index (χ0) is 16.2. The highest BCUT2D eigenvalue weighted by molar-refractivity contribution is 5.80. The summed E-state index contributed by atoms with van der Waals surface area (Å²) < 4.78 is 0.